The summed E-state index contributed by atoms with van der Waals surface area (Å²) in [5, 5.41) is 2.24. The molecule has 1 saturated carbocycles. The molecular formula is C28H24ClF3N2O5S2. The van der Waals surface area contributed by atoms with Crippen molar-refractivity contribution in [3.63, 3.8) is 0 Å². The SMILES string of the molecule is O=C(Nc1cc(F)ccc1F)c1ccc2c(c1Cl)C1(CCS(=O)(=O)CC1)C(C1CC1)N2S(=O)(=O)c1ccc(F)cc1. The maximum absolute atomic E-state index is 14.3. The number of halogens is 4. The highest BCUT2D eigenvalue weighted by molar-refractivity contribution is 7.93. The summed E-state index contributed by atoms with van der Waals surface area (Å²) in [6.45, 7) is 0. The van der Waals surface area contributed by atoms with Crippen molar-refractivity contribution in [2.75, 3.05) is 21.1 Å². The van der Waals surface area contributed by atoms with Crippen LogP contribution in [0.2, 0.25) is 5.02 Å². The molecule has 0 radical (unpaired) electrons. The molecular weight excluding hydrogens is 601 g/mol. The summed E-state index contributed by atoms with van der Waals surface area (Å²) in [6.07, 6.45) is 1.60. The fourth-order valence-electron chi connectivity index (χ4n) is 6.21. The molecule has 3 aliphatic rings. The van der Waals surface area contributed by atoms with E-state index in [0.29, 0.717) is 18.4 Å². The van der Waals surface area contributed by atoms with Crippen LogP contribution in [0.3, 0.4) is 0 Å². The Morgan fingerprint density at radius 2 is 1.59 bits per heavy atom. The van der Waals surface area contributed by atoms with Gasteiger partial charge < -0.3 is 5.32 Å². The molecule has 7 nitrogen and oxygen atoms in total. The maximum Gasteiger partial charge on any atom is 0.264 e. The molecule has 41 heavy (non-hydrogen) atoms. The second-order valence-electron chi connectivity index (χ2n) is 10.7. The van der Waals surface area contributed by atoms with Crippen LogP contribution in [0.15, 0.2) is 59.5 Å². The van der Waals surface area contributed by atoms with Crippen LogP contribution in [0, 0.1) is 23.4 Å². The predicted molar refractivity (Wildman–Crippen MR) is 148 cm³/mol. The van der Waals surface area contributed by atoms with Gasteiger partial charge in [0.05, 0.1) is 44.4 Å². The van der Waals surface area contributed by atoms with Crippen LogP contribution in [0.25, 0.3) is 0 Å². The first kappa shape index (κ1) is 28.0. The molecule has 6 rings (SSSR count). The number of anilines is 2. The monoisotopic (exact) mass is 624 g/mol. The van der Waals surface area contributed by atoms with E-state index in [1.807, 2.05) is 0 Å². The molecule has 1 amide bonds. The van der Waals surface area contributed by atoms with E-state index < -0.39 is 60.4 Å². The highest BCUT2D eigenvalue weighted by Gasteiger charge is 2.61. The van der Waals surface area contributed by atoms with Crippen molar-refractivity contribution in [3.05, 3.63) is 88.2 Å². The number of sulfone groups is 1. The molecule has 3 aromatic carbocycles. The van der Waals surface area contributed by atoms with Crippen molar-refractivity contribution < 1.29 is 34.8 Å². The van der Waals surface area contributed by atoms with Crippen LogP contribution in [-0.4, -0.2) is 40.3 Å². The molecule has 13 heteroatoms. The third-order valence-electron chi connectivity index (χ3n) is 8.25. The van der Waals surface area contributed by atoms with Crippen molar-refractivity contribution in [1.82, 2.24) is 0 Å². The molecule has 3 aromatic rings. The minimum absolute atomic E-state index is 0.0847. The van der Waals surface area contributed by atoms with Gasteiger partial charge in [0.15, 0.2) is 0 Å². The average Bonchev–Trinajstić information content (AvgIpc) is 3.71. The minimum Gasteiger partial charge on any atom is -0.319 e. The van der Waals surface area contributed by atoms with Crippen LogP contribution < -0.4 is 9.62 Å². The number of carbonyl (C=O) groups excluding carboxylic acids is 1. The van der Waals surface area contributed by atoms with Gasteiger partial charge in [0.25, 0.3) is 15.9 Å². The fraction of sp³-hybridized carbons (Fsp3) is 0.321. The van der Waals surface area contributed by atoms with Crippen LogP contribution in [0.5, 0.6) is 0 Å². The fourth-order valence-corrected chi connectivity index (χ4v) is 9.99. The summed E-state index contributed by atoms with van der Waals surface area (Å²) in [4.78, 5) is 13.1. The van der Waals surface area contributed by atoms with Gasteiger partial charge in [-0.05, 0) is 80.1 Å². The van der Waals surface area contributed by atoms with Gasteiger partial charge in [-0.1, -0.05) is 11.6 Å². The van der Waals surface area contributed by atoms with Crippen molar-refractivity contribution >= 4 is 48.7 Å². The Labute approximate surface area is 240 Å². The minimum atomic E-state index is -4.27. The van der Waals surface area contributed by atoms with Crippen molar-refractivity contribution in [1.29, 1.82) is 0 Å². The molecule has 1 N–H and O–H groups in total. The van der Waals surface area contributed by atoms with E-state index in [-0.39, 0.29) is 51.4 Å². The quantitative estimate of drug-likeness (QED) is 0.407. The molecule has 1 spiro atoms. The van der Waals surface area contributed by atoms with Crippen LogP contribution in [0.4, 0.5) is 24.5 Å². The van der Waals surface area contributed by atoms with Gasteiger partial charge in [-0.25, -0.2) is 30.0 Å². The number of fused-ring (bicyclic) bond motifs is 2. The third kappa shape index (κ3) is 4.69. The zero-order valence-corrected chi connectivity index (χ0v) is 23.8. The zero-order chi connectivity index (χ0) is 29.3. The number of nitrogens with one attached hydrogen (secondary N) is 1. The van der Waals surface area contributed by atoms with E-state index in [1.165, 1.54) is 28.6 Å². The number of nitrogens with zero attached hydrogens (tertiary/aromatic N) is 1. The van der Waals surface area contributed by atoms with Crippen LogP contribution in [-0.2, 0) is 25.3 Å². The highest BCUT2D eigenvalue weighted by atomic mass is 35.5. The molecule has 0 bridgehead atoms. The predicted octanol–water partition coefficient (Wildman–Crippen LogP) is 5.44. The number of rotatable bonds is 5. The standard InChI is InChI=1S/C28H24ClF3N2O5S2/c29-25-20(27(35)33-22-15-18(31)5-9-21(22)32)8-10-23-24(25)28(11-13-40(36,37)14-12-28)26(16-1-2-16)34(23)41(38,39)19-6-3-17(30)4-7-19/h3-10,15-16,26H,1-2,11-14H2,(H,33,35). The number of carbonyl (C=O) groups is 1. The highest BCUT2D eigenvalue weighted by Crippen LogP contribution is 2.61. The third-order valence-corrected chi connectivity index (χ3v) is 12.1. The van der Waals surface area contributed by atoms with E-state index in [0.717, 1.165) is 30.3 Å². The van der Waals surface area contributed by atoms with Crippen molar-refractivity contribution in [2.24, 2.45) is 5.92 Å². The zero-order valence-electron chi connectivity index (χ0n) is 21.4. The number of benzene rings is 3. The summed E-state index contributed by atoms with van der Waals surface area (Å²) >= 11 is 6.90. The summed E-state index contributed by atoms with van der Waals surface area (Å²) in [7, 11) is -7.65. The lowest BCUT2D eigenvalue weighted by atomic mass is 9.70. The Bertz CT molecular complexity index is 1780. The number of amides is 1. The van der Waals surface area contributed by atoms with Crippen molar-refractivity contribution in [2.45, 2.75) is 42.0 Å². The molecule has 2 fully saturated rings. The van der Waals surface area contributed by atoms with Gasteiger partial charge in [0, 0.05) is 17.0 Å². The molecule has 1 unspecified atom stereocenters. The van der Waals surface area contributed by atoms with Crippen LogP contribution in [0.1, 0.15) is 41.6 Å². The Balaban J connectivity index is 1.52. The number of hydrogen-bond acceptors (Lipinski definition) is 5. The Morgan fingerprint density at radius 3 is 2.22 bits per heavy atom. The van der Waals surface area contributed by atoms with Crippen molar-refractivity contribution in [3.8, 4) is 0 Å². The van der Waals surface area contributed by atoms with Gasteiger partial charge in [0.1, 0.15) is 27.3 Å². The van der Waals surface area contributed by atoms with Gasteiger partial charge >= 0.3 is 0 Å². The topological polar surface area (TPSA) is 101 Å². The normalized spacial score (nSPS) is 21.1. The van der Waals surface area contributed by atoms with E-state index >= 15 is 0 Å². The molecule has 1 atom stereocenters. The number of sulfonamides is 1. The summed E-state index contributed by atoms with van der Waals surface area (Å²) < 4.78 is 96.2. The summed E-state index contributed by atoms with van der Waals surface area (Å²) in [5.41, 5.74) is -0.973. The second kappa shape index (κ2) is 9.74. The van der Waals surface area contributed by atoms with Gasteiger partial charge in [-0.2, -0.15) is 0 Å². The summed E-state index contributed by atoms with van der Waals surface area (Å²) in [5.74, 6) is -3.55. The first-order valence-corrected chi connectivity index (χ1v) is 16.6. The Morgan fingerprint density at radius 1 is 0.951 bits per heavy atom. The first-order valence-electron chi connectivity index (χ1n) is 12.9. The molecule has 216 valence electrons. The summed E-state index contributed by atoms with van der Waals surface area (Å²) in [6, 6.07) is 9.09. The van der Waals surface area contributed by atoms with E-state index in [4.69, 9.17) is 11.6 Å². The smallest absolute Gasteiger partial charge is 0.264 e. The Kier molecular flexibility index (Phi) is 6.66. The molecule has 1 aliphatic carbocycles. The second-order valence-corrected chi connectivity index (χ2v) is 15.2. The Hall–Kier alpha value is -3.09. The van der Waals surface area contributed by atoms with E-state index in [2.05, 4.69) is 5.32 Å². The molecule has 1 saturated heterocycles. The number of hydrogen-bond donors (Lipinski definition) is 1. The lowest BCUT2D eigenvalue weighted by Gasteiger charge is -2.42. The lowest BCUT2D eigenvalue weighted by molar-refractivity contribution is 0.102. The van der Waals surface area contributed by atoms with Gasteiger partial charge in [-0.3, -0.25) is 9.10 Å². The van der Waals surface area contributed by atoms with Gasteiger partial charge in [-0.15, -0.1) is 0 Å². The average molecular weight is 625 g/mol. The van der Waals surface area contributed by atoms with E-state index in [9.17, 15) is 34.8 Å². The molecule has 2 aliphatic heterocycles. The maximum atomic E-state index is 14.3. The van der Waals surface area contributed by atoms with Gasteiger partial charge in [0.2, 0.25) is 0 Å². The molecule has 2 heterocycles. The van der Waals surface area contributed by atoms with E-state index in [1.54, 1.807) is 0 Å². The first-order chi connectivity index (χ1) is 19.3. The lowest BCUT2D eigenvalue weighted by Crippen LogP contribution is -2.52. The molecule has 0 aromatic heterocycles. The van der Waals surface area contributed by atoms with Crippen LogP contribution >= 0.6 is 11.6 Å². The largest absolute Gasteiger partial charge is 0.319 e.